The van der Waals surface area contributed by atoms with E-state index in [1.807, 2.05) is 28.8 Å². The molecule has 34 heavy (non-hydrogen) atoms. The molecule has 174 valence electrons. The summed E-state index contributed by atoms with van der Waals surface area (Å²) < 4.78 is 8.34. The third-order valence-corrected chi connectivity index (χ3v) is 8.60. The summed E-state index contributed by atoms with van der Waals surface area (Å²) in [5, 5.41) is 0.614. The highest BCUT2D eigenvalue weighted by Crippen LogP contribution is 2.47. The summed E-state index contributed by atoms with van der Waals surface area (Å²) in [4.78, 5) is 17.0. The zero-order valence-electron chi connectivity index (χ0n) is 18.0. The van der Waals surface area contributed by atoms with E-state index in [1.54, 1.807) is 18.5 Å². The van der Waals surface area contributed by atoms with Crippen molar-refractivity contribution in [2.75, 3.05) is 23.7 Å². The molecule has 3 aromatic heterocycles. The van der Waals surface area contributed by atoms with Gasteiger partial charge in [0.05, 0.1) is 16.0 Å². The van der Waals surface area contributed by atoms with E-state index in [0.29, 0.717) is 21.4 Å². The van der Waals surface area contributed by atoms with Crippen molar-refractivity contribution in [3.8, 4) is 5.75 Å². The normalized spacial score (nSPS) is 18.9. The molecule has 5 heterocycles. The van der Waals surface area contributed by atoms with Crippen LogP contribution in [0.4, 0.5) is 11.8 Å². The van der Waals surface area contributed by atoms with Crippen molar-refractivity contribution in [1.82, 2.24) is 19.4 Å². The number of rotatable bonds is 3. The summed E-state index contributed by atoms with van der Waals surface area (Å²) in [6.45, 7) is 1.47. The largest absolute Gasteiger partial charge is 0.485 e. The number of nitrogen functional groups attached to an aromatic ring is 1. The van der Waals surface area contributed by atoms with E-state index in [0.717, 1.165) is 48.1 Å². The van der Waals surface area contributed by atoms with Gasteiger partial charge in [-0.2, -0.15) is 4.98 Å². The Morgan fingerprint density at radius 3 is 2.68 bits per heavy atom. The molecule has 6 rings (SSSR count). The minimum atomic E-state index is -0.396. The number of imidazole rings is 1. The van der Waals surface area contributed by atoms with E-state index in [2.05, 4.69) is 20.9 Å². The molecule has 1 spiro atoms. The second-order valence-corrected chi connectivity index (χ2v) is 10.2. The van der Waals surface area contributed by atoms with Crippen LogP contribution in [0.15, 0.2) is 58.7 Å². The molecule has 0 amide bonds. The van der Waals surface area contributed by atoms with Crippen molar-refractivity contribution in [1.29, 1.82) is 0 Å². The first-order valence-corrected chi connectivity index (χ1v) is 12.4. The van der Waals surface area contributed by atoms with Crippen LogP contribution >= 0.6 is 35.0 Å². The van der Waals surface area contributed by atoms with Crippen molar-refractivity contribution >= 4 is 52.4 Å². The molecule has 0 aliphatic carbocycles. The third-order valence-electron chi connectivity index (χ3n) is 6.56. The Bertz CT molecular complexity index is 1400. The Morgan fingerprint density at radius 1 is 1.09 bits per heavy atom. The van der Waals surface area contributed by atoms with Gasteiger partial charge in [0.1, 0.15) is 22.3 Å². The van der Waals surface area contributed by atoms with Crippen molar-refractivity contribution in [3.63, 3.8) is 0 Å². The Labute approximate surface area is 210 Å². The smallest absolute Gasteiger partial charge is 0.213 e. The fraction of sp³-hybridized carbons (Fsp3) is 0.261. The molecule has 2 aliphatic rings. The summed E-state index contributed by atoms with van der Waals surface area (Å²) in [7, 11) is 0. The van der Waals surface area contributed by atoms with Crippen LogP contribution in [0.5, 0.6) is 5.75 Å². The number of pyridine rings is 1. The number of ether oxygens (including phenoxy) is 1. The van der Waals surface area contributed by atoms with E-state index >= 15 is 0 Å². The lowest BCUT2D eigenvalue weighted by atomic mass is 9.83. The molecule has 4 aromatic rings. The van der Waals surface area contributed by atoms with E-state index in [-0.39, 0.29) is 11.2 Å². The average molecular weight is 514 g/mol. The van der Waals surface area contributed by atoms with Crippen LogP contribution in [0.2, 0.25) is 10.2 Å². The predicted octanol–water partition coefficient (Wildman–Crippen LogP) is 4.60. The minimum Gasteiger partial charge on any atom is -0.485 e. The topological polar surface area (TPSA) is 108 Å². The predicted molar refractivity (Wildman–Crippen MR) is 134 cm³/mol. The zero-order chi connectivity index (χ0) is 23.4. The summed E-state index contributed by atoms with van der Waals surface area (Å²) in [6.07, 6.45) is 6.79. The number of halogens is 2. The molecule has 2 aliphatic heterocycles. The number of hydrogen-bond donors (Lipinski definition) is 2. The maximum Gasteiger partial charge on any atom is 0.213 e. The van der Waals surface area contributed by atoms with Gasteiger partial charge < -0.3 is 21.1 Å². The highest BCUT2D eigenvalue weighted by molar-refractivity contribution is 7.99. The molecule has 1 saturated heterocycles. The summed E-state index contributed by atoms with van der Waals surface area (Å²) in [5.74, 6) is 2.01. The highest BCUT2D eigenvalue weighted by Gasteiger charge is 2.48. The lowest BCUT2D eigenvalue weighted by Crippen LogP contribution is -2.52. The lowest BCUT2D eigenvalue weighted by Gasteiger charge is -2.41. The molecule has 1 atom stereocenters. The van der Waals surface area contributed by atoms with Crippen molar-refractivity contribution in [2.45, 2.75) is 34.3 Å². The molecule has 8 nitrogen and oxygen atoms in total. The number of aromatic nitrogens is 4. The fourth-order valence-corrected chi connectivity index (χ4v) is 6.14. The van der Waals surface area contributed by atoms with E-state index in [9.17, 15) is 0 Å². The Hall–Kier alpha value is -2.72. The molecule has 1 aromatic carbocycles. The first-order valence-electron chi connectivity index (χ1n) is 10.9. The van der Waals surface area contributed by atoms with Crippen LogP contribution in [-0.2, 0) is 0 Å². The molecule has 0 bridgehead atoms. The van der Waals surface area contributed by atoms with Gasteiger partial charge in [-0.05, 0) is 12.1 Å². The summed E-state index contributed by atoms with van der Waals surface area (Å²) >= 11 is 13.8. The van der Waals surface area contributed by atoms with E-state index in [1.165, 1.54) is 11.8 Å². The first-order chi connectivity index (χ1) is 16.5. The SMILES string of the molecule is Nc1nc(N2CCC3(CC2)Oc2ccccc2C3N)n2ccnc2c1Sc1ccnc(Cl)c1Cl. The molecule has 4 N–H and O–H groups in total. The van der Waals surface area contributed by atoms with E-state index in [4.69, 9.17) is 44.4 Å². The second kappa shape index (κ2) is 8.20. The first kappa shape index (κ1) is 21.8. The second-order valence-electron chi connectivity index (χ2n) is 8.43. The van der Waals surface area contributed by atoms with Gasteiger partial charge in [-0.1, -0.05) is 53.2 Å². The number of hydrogen-bond acceptors (Lipinski definition) is 8. The zero-order valence-corrected chi connectivity index (χ0v) is 20.3. The number of para-hydroxylation sites is 1. The Morgan fingerprint density at radius 2 is 1.88 bits per heavy atom. The summed E-state index contributed by atoms with van der Waals surface area (Å²) in [5.41, 5.74) is 14.5. The van der Waals surface area contributed by atoms with Crippen LogP contribution in [-0.4, -0.2) is 38.0 Å². The van der Waals surface area contributed by atoms with Gasteiger partial charge in [0.25, 0.3) is 0 Å². The van der Waals surface area contributed by atoms with Crippen LogP contribution in [0, 0.1) is 0 Å². The summed E-state index contributed by atoms with van der Waals surface area (Å²) in [6, 6.07) is 9.68. The van der Waals surface area contributed by atoms with Gasteiger partial charge in [-0.15, -0.1) is 0 Å². The molecule has 11 heteroatoms. The average Bonchev–Trinajstić information content (AvgIpc) is 3.43. The standard InChI is InChI=1S/C23H21Cl2N7OS/c24-16-15(5-8-28-19(16)25)34-17-20(27)30-22(32-12-9-29-21(17)32)31-10-6-23(7-11-31)18(26)13-3-1-2-4-14(13)33-23/h1-5,8-9,12,18H,6-7,10-11,26-27H2. The number of benzene rings is 1. The molecule has 0 saturated carbocycles. The maximum absolute atomic E-state index is 6.63. The molecule has 1 unspecified atom stereocenters. The number of nitrogens with zero attached hydrogens (tertiary/aromatic N) is 5. The Kier molecular flexibility index (Phi) is 5.25. The monoisotopic (exact) mass is 513 g/mol. The maximum atomic E-state index is 6.63. The minimum absolute atomic E-state index is 0.146. The quantitative estimate of drug-likeness (QED) is 0.382. The van der Waals surface area contributed by atoms with Crippen molar-refractivity contribution in [2.24, 2.45) is 5.73 Å². The van der Waals surface area contributed by atoms with Crippen LogP contribution in [0.25, 0.3) is 5.65 Å². The number of nitrogens with two attached hydrogens (primary N) is 2. The van der Waals surface area contributed by atoms with Gasteiger partial charge >= 0.3 is 0 Å². The highest BCUT2D eigenvalue weighted by atomic mass is 35.5. The molecule has 0 radical (unpaired) electrons. The van der Waals surface area contributed by atoms with Gasteiger partial charge in [0.2, 0.25) is 5.95 Å². The third kappa shape index (κ3) is 3.38. The van der Waals surface area contributed by atoms with Crippen molar-refractivity contribution < 1.29 is 4.74 Å². The molecular formula is C23H21Cl2N7OS. The van der Waals surface area contributed by atoms with Gasteiger partial charge in [0, 0.05) is 55.0 Å². The van der Waals surface area contributed by atoms with Gasteiger partial charge in [0.15, 0.2) is 5.65 Å². The van der Waals surface area contributed by atoms with Gasteiger partial charge in [-0.25, -0.2) is 9.97 Å². The van der Waals surface area contributed by atoms with Crippen LogP contribution in [0.1, 0.15) is 24.4 Å². The molecular weight excluding hydrogens is 493 g/mol. The van der Waals surface area contributed by atoms with E-state index < -0.39 is 5.60 Å². The number of piperidine rings is 1. The Balaban J connectivity index is 1.29. The van der Waals surface area contributed by atoms with Crippen LogP contribution < -0.4 is 21.1 Å². The van der Waals surface area contributed by atoms with Gasteiger partial charge in [-0.3, -0.25) is 4.40 Å². The van der Waals surface area contributed by atoms with Crippen LogP contribution in [0.3, 0.4) is 0 Å². The number of fused-ring (bicyclic) bond motifs is 2. The van der Waals surface area contributed by atoms with Crippen molar-refractivity contribution in [3.05, 3.63) is 64.7 Å². The lowest BCUT2D eigenvalue weighted by molar-refractivity contribution is 0.0429. The number of anilines is 2. The molecule has 1 fully saturated rings. The fourth-order valence-electron chi connectivity index (χ4n) is 4.77.